The number of halogens is 1. The Balaban J connectivity index is 2.04. The van der Waals surface area contributed by atoms with E-state index >= 15 is 0 Å². The summed E-state index contributed by atoms with van der Waals surface area (Å²) in [6.45, 7) is 0.500. The molecule has 0 aliphatic heterocycles. The first-order chi connectivity index (χ1) is 9.60. The van der Waals surface area contributed by atoms with Crippen molar-refractivity contribution in [3.8, 4) is 5.88 Å². The Morgan fingerprint density at radius 1 is 1.40 bits per heavy atom. The third-order valence-electron chi connectivity index (χ3n) is 2.50. The third-order valence-corrected chi connectivity index (χ3v) is 3.11. The lowest BCUT2D eigenvalue weighted by atomic mass is 10.3. The van der Waals surface area contributed by atoms with Crippen LogP contribution in [0.25, 0.3) is 0 Å². The average molecular weight is 339 g/mol. The van der Waals surface area contributed by atoms with Crippen LogP contribution < -0.4 is 10.1 Å². The Bertz CT molecular complexity index is 619. The monoisotopic (exact) mass is 338 g/mol. The molecule has 0 aromatic carbocycles. The number of rotatable bonds is 5. The van der Waals surface area contributed by atoms with E-state index in [-0.39, 0.29) is 5.69 Å². The zero-order chi connectivity index (χ0) is 14.5. The second-order valence-corrected chi connectivity index (χ2v) is 4.70. The van der Waals surface area contributed by atoms with Gasteiger partial charge in [-0.05, 0) is 21.5 Å². The van der Waals surface area contributed by atoms with E-state index in [0.29, 0.717) is 22.7 Å². The Kier molecular flexibility index (Phi) is 4.46. The summed E-state index contributed by atoms with van der Waals surface area (Å²) in [4.78, 5) is 18.2. The van der Waals surface area contributed by atoms with Gasteiger partial charge in [0.1, 0.15) is 12.0 Å². The number of pyridine rings is 2. The predicted octanol–water partition coefficient (Wildman–Crippen LogP) is 2.77. The lowest BCUT2D eigenvalue weighted by Crippen LogP contribution is -2.03. The first-order valence-electron chi connectivity index (χ1n) is 5.63. The molecule has 7 nitrogen and oxygen atoms in total. The van der Waals surface area contributed by atoms with Crippen molar-refractivity contribution in [2.75, 3.05) is 12.4 Å². The van der Waals surface area contributed by atoms with E-state index < -0.39 is 4.92 Å². The molecular weight excluding hydrogens is 328 g/mol. The van der Waals surface area contributed by atoms with E-state index in [4.69, 9.17) is 4.74 Å². The molecule has 0 aliphatic rings. The van der Waals surface area contributed by atoms with Gasteiger partial charge in [0.05, 0.1) is 16.5 Å². The molecule has 2 heterocycles. The largest absolute Gasteiger partial charge is 0.481 e. The van der Waals surface area contributed by atoms with E-state index in [1.54, 1.807) is 19.4 Å². The summed E-state index contributed by atoms with van der Waals surface area (Å²) >= 11 is 3.25. The van der Waals surface area contributed by atoms with Gasteiger partial charge < -0.3 is 10.1 Å². The molecule has 2 aromatic rings. The third kappa shape index (κ3) is 3.41. The van der Waals surface area contributed by atoms with Gasteiger partial charge in [-0.25, -0.2) is 9.97 Å². The molecule has 104 valence electrons. The van der Waals surface area contributed by atoms with E-state index in [1.807, 2.05) is 6.07 Å². The van der Waals surface area contributed by atoms with Crippen molar-refractivity contribution < 1.29 is 9.66 Å². The summed E-state index contributed by atoms with van der Waals surface area (Å²) in [5.41, 5.74) is 0.881. The zero-order valence-electron chi connectivity index (χ0n) is 10.5. The molecule has 20 heavy (non-hydrogen) atoms. The van der Waals surface area contributed by atoms with Crippen LogP contribution in [0.2, 0.25) is 0 Å². The molecule has 2 rings (SSSR count). The number of anilines is 1. The van der Waals surface area contributed by atoms with Gasteiger partial charge in [-0.1, -0.05) is 6.07 Å². The number of nitro groups is 1. The fourth-order valence-electron chi connectivity index (χ4n) is 1.48. The average Bonchev–Trinajstić information content (AvgIpc) is 2.46. The maximum absolute atomic E-state index is 10.6. The summed E-state index contributed by atoms with van der Waals surface area (Å²) in [6, 6.07) is 5.04. The maximum Gasteiger partial charge on any atom is 0.288 e. The highest BCUT2D eigenvalue weighted by atomic mass is 79.9. The van der Waals surface area contributed by atoms with Crippen LogP contribution in [0.1, 0.15) is 5.56 Å². The van der Waals surface area contributed by atoms with Crippen molar-refractivity contribution in [1.29, 1.82) is 0 Å². The number of hydrogen-bond donors (Lipinski definition) is 1. The van der Waals surface area contributed by atoms with Crippen LogP contribution in [-0.4, -0.2) is 22.0 Å². The molecule has 0 saturated heterocycles. The number of aromatic nitrogens is 2. The van der Waals surface area contributed by atoms with Crippen LogP contribution in [0, 0.1) is 10.1 Å². The minimum absolute atomic E-state index is 0.0615. The molecule has 0 amide bonds. The molecule has 0 saturated carbocycles. The van der Waals surface area contributed by atoms with E-state index in [1.165, 1.54) is 12.3 Å². The standard InChI is InChI=1S/C12H11BrN4O3/c1-20-11-3-2-8(5-14-11)6-15-12-10(13)4-9(7-16-12)17(18)19/h2-5,7H,6H2,1H3,(H,15,16). The highest BCUT2D eigenvalue weighted by Crippen LogP contribution is 2.24. The second-order valence-electron chi connectivity index (χ2n) is 3.84. The van der Waals surface area contributed by atoms with Gasteiger partial charge in [0.2, 0.25) is 5.88 Å². The molecule has 0 fully saturated rings. The van der Waals surface area contributed by atoms with Crippen LogP contribution in [0.15, 0.2) is 35.1 Å². The van der Waals surface area contributed by atoms with Gasteiger partial charge in [-0.2, -0.15) is 0 Å². The first kappa shape index (κ1) is 14.2. The number of hydrogen-bond acceptors (Lipinski definition) is 6. The molecule has 0 aliphatic carbocycles. The fourth-order valence-corrected chi connectivity index (χ4v) is 1.96. The molecule has 8 heteroatoms. The van der Waals surface area contributed by atoms with Crippen LogP contribution >= 0.6 is 15.9 Å². The van der Waals surface area contributed by atoms with Crippen molar-refractivity contribution in [3.63, 3.8) is 0 Å². The Labute approximate surface area is 123 Å². The summed E-state index contributed by atoms with van der Waals surface area (Å²) in [5, 5.41) is 13.7. The summed E-state index contributed by atoms with van der Waals surface area (Å²) < 4.78 is 5.51. The Morgan fingerprint density at radius 3 is 2.75 bits per heavy atom. The lowest BCUT2D eigenvalue weighted by molar-refractivity contribution is -0.385. The number of nitrogens with zero attached hydrogens (tertiary/aromatic N) is 3. The van der Waals surface area contributed by atoms with Crippen LogP contribution in [0.5, 0.6) is 5.88 Å². The first-order valence-corrected chi connectivity index (χ1v) is 6.42. The topological polar surface area (TPSA) is 90.2 Å². The van der Waals surface area contributed by atoms with E-state index in [0.717, 1.165) is 5.56 Å². The van der Waals surface area contributed by atoms with Gasteiger partial charge in [0, 0.05) is 24.9 Å². The smallest absolute Gasteiger partial charge is 0.288 e. The number of ether oxygens (including phenoxy) is 1. The molecule has 1 N–H and O–H groups in total. The molecule has 0 spiro atoms. The van der Waals surface area contributed by atoms with Gasteiger partial charge in [0.25, 0.3) is 5.69 Å². The van der Waals surface area contributed by atoms with Crippen molar-refractivity contribution in [2.45, 2.75) is 6.54 Å². The fraction of sp³-hybridized carbons (Fsp3) is 0.167. The van der Waals surface area contributed by atoms with E-state index in [2.05, 4.69) is 31.2 Å². The molecule has 0 bridgehead atoms. The molecule has 2 aromatic heterocycles. The lowest BCUT2D eigenvalue weighted by Gasteiger charge is -2.07. The molecule has 0 radical (unpaired) electrons. The minimum atomic E-state index is -0.491. The molecule has 0 unspecified atom stereocenters. The van der Waals surface area contributed by atoms with E-state index in [9.17, 15) is 10.1 Å². The maximum atomic E-state index is 10.6. The quantitative estimate of drug-likeness (QED) is 0.665. The molecule has 0 atom stereocenters. The van der Waals surface area contributed by atoms with Gasteiger partial charge in [0.15, 0.2) is 0 Å². The van der Waals surface area contributed by atoms with Crippen molar-refractivity contribution in [2.24, 2.45) is 0 Å². The summed E-state index contributed by atoms with van der Waals surface area (Å²) in [7, 11) is 1.55. The Hall–Kier alpha value is -2.22. The van der Waals surface area contributed by atoms with Gasteiger partial charge in [-0.3, -0.25) is 10.1 Å². The van der Waals surface area contributed by atoms with Crippen LogP contribution in [0.4, 0.5) is 11.5 Å². The SMILES string of the molecule is COc1ccc(CNc2ncc([N+](=O)[O-])cc2Br)cn1. The summed E-state index contributed by atoms with van der Waals surface area (Å²) in [5.74, 6) is 1.08. The second kappa shape index (κ2) is 6.29. The van der Waals surface area contributed by atoms with Crippen molar-refractivity contribution in [1.82, 2.24) is 9.97 Å². The van der Waals surface area contributed by atoms with Gasteiger partial charge >= 0.3 is 0 Å². The summed E-state index contributed by atoms with van der Waals surface area (Å²) in [6.07, 6.45) is 2.89. The zero-order valence-corrected chi connectivity index (χ0v) is 12.1. The molecular formula is C12H11BrN4O3. The minimum Gasteiger partial charge on any atom is -0.481 e. The highest BCUT2D eigenvalue weighted by molar-refractivity contribution is 9.10. The van der Waals surface area contributed by atoms with Crippen molar-refractivity contribution >= 4 is 27.4 Å². The predicted molar refractivity (Wildman–Crippen MR) is 76.7 cm³/mol. The van der Waals surface area contributed by atoms with Crippen LogP contribution in [0.3, 0.4) is 0 Å². The van der Waals surface area contributed by atoms with Gasteiger partial charge in [-0.15, -0.1) is 0 Å². The van der Waals surface area contributed by atoms with Crippen molar-refractivity contribution in [3.05, 3.63) is 50.7 Å². The number of nitrogens with one attached hydrogen (secondary N) is 1. The number of methoxy groups -OCH3 is 1. The highest BCUT2D eigenvalue weighted by Gasteiger charge is 2.10. The van der Waals surface area contributed by atoms with Crippen LogP contribution in [-0.2, 0) is 6.54 Å². The normalized spacial score (nSPS) is 10.1. The Morgan fingerprint density at radius 2 is 2.20 bits per heavy atom.